The molecular weight excluding hydrogens is 433 g/mol. The molecule has 0 aliphatic heterocycles. The fraction of sp³-hybridized carbons (Fsp3) is 0. The van der Waals surface area contributed by atoms with E-state index in [-0.39, 0.29) is 11.4 Å². The van der Waals surface area contributed by atoms with Crippen LogP contribution in [0.3, 0.4) is 0 Å². The van der Waals surface area contributed by atoms with E-state index in [1.165, 1.54) is 27.9 Å². The van der Waals surface area contributed by atoms with Crippen LogP contribution >= 0.6 is 27.3 Å². The third-order valence-electron chi connectivity index (χ3n) is 4.08. The van der Waals surface area contributed by atoms with Crippen molar-refractivity contribution in [2.45, 2.75) is 0 Å². The van der Waals surface area contributed by atoms with Crippen LogP contribution < -0.4 is 10.1 Å². The lowest BCUT2D eigenvalue weighted by Crippen LogP contribution is -2.22. The Morgan fingerprint density at radius 1 is 1.19 bits per heavy atom. The van der Waals surface area contributed by atoms with Gasteiger partial charge in [-0.15, -0.1) is 0 Å². The van der Waals surface area contributed by atoms with Crippen LogP contribution in [0.2, 0.25) is 0 Å². The molecule has 5 rings (SSSR count). The predicted molar refractivity (Wildman–Crippen MR) is 105 cm³/mol. The SMILES string of the molecule is O=c1/c(=C\c2ccc(-c3ccc(F)cc3)o2)sc2nc3cc(Br)cnc3n12. The fourth-order valence-corrected chi connectivity index (χ4v) is 4.12. The summed E-state index contributed by atoms with van der Waals surface area (Å²) in [7, 11) is 0. The molecule has 0 bridgehead atoms. The molecule has 0 radical (unpaired) electrons. The van der Waals surface area contributed by atoms with Gasteiger partial charge in [-0.1, -0.05) is 11.3 Å². The number of imidazole rings is 1. The Morgan fingerprint density at radius 3 is 2.81 bits per heavy atom. The average Bonchev–Trinajstić information content (AvgIpc) is 3.32. The van der Waals surface area contributed by atoms with Gasteiger partial charge in [-0.25, -0.2) is 18.8 Å². The van der Waals surface area contributed by atoms with Crippen LogP contribution in [-0.4, -0.2) is 14.4 Å². The first-order valence-electron chi connectivity index (χ1n) is 7.92. The number of thiazole rings is 1. The van der Waals surface area contributed by atoms with Gasteiger partial charge >= 0.3 is 0 Å². The molecule has 0 aliphatic rings. The highest BCUT2D eigenvalue weighted by Crippen LogP contribution is 2.23. The van der Waals surface area contributed by atoms with Gasteiger partial charge in [-0.3, -0.25) is 4.79 Å². The number of halogens is 2. The van der Waals surface area contributed by atoms with E-state index >= 15 is 0 Å². The first-order valence-corrected chi connectivity index (χ1v) is 9.53. The van der Waals surface area contributed by atoms with Crippen LogP contribution in [0.5, 0.6) is 0 Å². The number of aromatic nitrogens is 3. The number of furan rings is 1. The second kappa shape index (κ2) is 6.11. The Morgan fingerprint density at radius 2 is 2.00 bits per heavy atom. The quantitative estimate of drug-likeness (QED) is 0.415. The molecule has 4 heterocycles. The third kappa shape index (κ3) is 2.77. The van der Waals surface area contributed by atoms with Crippen molar-refractivity contribution in [3.05, 3.63) is 79.6 Å². The maximum atomic E-state index is 13.1. The van der Waals surface area contributed by atoms with Crippen LogP contribution in [-0.2, 0) is 0 Å². The van der Waals surface area contributed by atoms with Crippen molar-refractivity contribution in [2.75, 3.05) is 0 Å². The molecule has 27 heavy (non-hydrogen) atoms. The summed E-state index contributed by atoms with van der Waals surface area (Å²) < 4.78 is 21.7. The van der Waals surface area contributed by atoms with Crippen LogP contribution in [0.25, 0.3) is 33.5 Å². The molecule has 0 saturated carbocycles. The maximum Gasteiger partial charge on any atom is 0.276 e. The van der Waals surface area contributed by atoms with Gasteiger partial charge in [-0.2, -0.15) is 0 Å². The van der Waals surface area contributed by atoms with Crippen molar-refractivity contribution >= 4 is 49.5 Å². The van der Waals surface area contributed by atoms with E-state index in [4.69, 9.17) is 4.42 Å². The van der Waals surface area contributed by atoms with Gasteiger partial charge in [0, 0.05) is 22.3 Å². The smallest absolute Gasteiger partial charge is 0.276 e. The monoisotopic (exact) mass is 441 g/mol. The zero-order chi connectivity index (χ0) is 18.5. The Kier molecular flexibility index (Phi) is 3.70. The third-order valence-corrected chi connectivity index (χ3v) is 5.48. The molecule has 0 atom stereocenters. The lowest BCUT2D eigenvalue weighted by Gasteiger charge is -1.95. The summed E-state index contributed by atoms with van der Waals surface area (Å²) in [5, 5.41) is 0. The number of fused-ring (bicyclic) bond motifs is 3. The van der Waals surface area contributed by atoms with Crippen LogP contribution in [0.15, 0.2) is 62.3 Å². The van der Waals surface area contributed by atoms with Crippen molar-refractivity contribution < 1.29 is 8.81 Å². The van der Waals surface area contributed by atoms with Crippen molar-refractivity contribution in [3.8, 4) is 11.3 Å². The van der Waals surface area contributed by atoms with E-state index in [9.17, 15) is 9.18 Å². The van der Waals surface area contributed by atoms with Crippen molar-refractivity contribution in [3.63, 3.8) is 0 Å². The highest BCUT2D eigenvalue weighted by Gasteiger charge is 2.13. The summed E-state index contributed by atoms with van der Waals surface area (Å²) in [6.07, 6.45) is 3.32. The number of nitrogens with zero attached hydrogens (tertiary/aromatic N) is 3. The minimum atomic E-state index is -0.303. The molecule has 0 spiro atoms. The first kappa shape index (κ1) is 16.3. The first-order chi connectivity index (χ1) is 13.1. The number of hydrogen-bond acceptors (Lipinski definition) is 5. The molecule has 0 fully saturated rings. The minimum Gasteiger partial charge on any atom is -0.457 e. The molecule has 0 aliphatic carbocycles. The topological polar surface area (TPSA) is 60.4 Å². The molecular formula is C19H9BrFN3O2S. The number of hydrogen-bond donors (Lipinski definition) is 0. The Hall–Kier alpha value is -2.84. The van der Waals surface area contributed by atoms with Crippen LogP contribution in [0.1, 0.15) is 5.76 Å². The predicted octanol–water partition coefficient (Wildman–Crippen LogP) is 4.01. The zero-order valence-electron chi connectivity index (χ0n) is 13.5. The van der Waals surface area contributed by atoms with Crippen molar-refractivity contribution in [1.29, 1.82) is 0 Å². The fourth-order valence-electron chi connectivity index (χ4n) is 2.84. The van der Waals surface area contributed by atoms with Gasteiger partial charge in [0.2, 0.25) is 0 Å². The summed E-state index contributed by atoms with van der Waals surface area (Å²) >= 11 is 4.63. The van der Waals surface area contributed by atoms with Gasteiger partial charge in [0.25, 0.3) is 5.56 Å². The summed E-state index contributed by atoms with van der Waals surface area (Å²) in [5.41, 5.74) is 1.77. The second-order valence-corrected chi connectivity index (χ2v) is 7.78. The standard InChI is InChI=1S/C19H9BrFN3O2S/c20-11-7-14-17(22-9-11)24-18(25)16(27-19(24)23-14)8-13-5-6-15(26-13)10-1-3-12(21)4-2-10/h1-9H/b16-8+. The number of pyridine rings is 1. The van der Waals surface area contributed by atoms with Gasteiger partial charge in [0.1, 0.15) is 27.4 Å². The van der Waals surface area contributed by atoms with Crippen LogP contribution in [0.4, 0.5) is 4.39 Å². The van der Waals surface area contributed by atoms with E-state index in [1.54, 1.807) is 36.5 Å². The lowest BCUT2D eigenvalue weighted by molar-refractivity contribution is 0.571. The summed E-state index contributed by atoms with van der Waals surface area (Å²) in [6, 6.07) is 11.4. The molecule has 5 aromatic rings. The summed E-state index contributed by atoms with van der Waals surface area (Å²) in [6.45, 7) is 0. The van der Waals surface area contributed by atoms with Gasteiger partial charge in [0.05, 0.1) is 0 Å². The highest BCUT2D eigenvalue weighted by molar-refractivity contribution is 9.10. The van der Waals surface area contributed by atoms with E-state index < -0.39 is 0 Å². The average molecular weight is 442 g/mol. The van der Waals surface area contributed by atoms with Gasteiger partial charge in [-0.05, 0) is 58.4 Å². The van der Waals surface area contributed by atoms with E-state index in [0.29, 0.717) is 32.2 Å². The van der Waals surface area contributed by atoms with E-state index in [1.807, 2.05) is 6.07 Å². The molecule has 5 nitrogen and oxygen atoms in total. The molecule has 4 aromatic heterocycles. The summed E-state index contributed by atoms with van der Waals surface area (Å²) in [4.78, 5) is 22.1. The molecule has 0 saturated heterocycles. The Bertz CT molecular complexity index is 1420. The normalized spacial score (nSPS) is 12.4. The second-order valence-electron chi connectivity index (χ2n) is 5.85. The van der Waals surface area contributed by atoms with E-state index in [0.717, 1.165) is 10.0 Å². The molecule has 0 amide bonds. The lowest BCUT2D eigenvalue weighted by atomic mass is 10.2. The van der Waals surface area contributed by atoms with Crippen molar-refractivity contribution in [1.82, 2.24) is 14.4 Å². The summed E-state index contributed by atoms with van der Waals surface area (Å²) in [5.74, 6) is 0.839. The maximum absolute atomic E-state index is 13.1. The molecule has 132 valence electrons. The van der Waals surface area contributed by atoms with Crippen LogP contribution in [0, 0.1) is 5.82 Å². The number of rotatable bonds is 2. The number of benzene rings is 1. The minimum absolute atomic E-state index is 0.188. The highest BCUT2D eigenvalue weighted by atomic mass is 79.9. The van der Waals surface area contributed by atoms with Crippen molar-refractivity contribution in [2.24, 2.45) is 0 Å². The van der Waals surface area contributed by atoms with Gasteiger partial charge < -0.3 is 4.42 Å². The van der Waals surface area contributed by atoms with Gasteiger partial charge in [0.15, 0.2) is 10.6 Å². The Labute approximate surface area is 163 Å². The Balaban J connectivity index is 1.61. The molecule has 0 unspecified atom stereocenters. The molecule has 8 heteroatoms. The van der Waals surface area contributed by atoms with E-state index in [2.05, 4.69) is 25.9 Å². The molecule has 1 aromatic carbocycles. The molecule has 0 N–H and O–H groups in total. The largest absolute Gasteiger partial charge is 0.457 e. The zero-order valence-corrected chi connectivity index (χ0v) is 15.9.